The summed E-state index contributed by atoms with van der Waals surface area (Å²) >= 11 is 0. The van der Waals surface area contributed by atoms with Crippen LogP contribution in [0, 0.1) is 29.6 Å². The van der Waals surface area contributed by atoms with Crippen LogP contribution in [0.15, 0.2) is 0 Å². The van der Waals surface area contributed by atoms with Crippen LogP contribution in [0.4, 0.5) is 0 Å². The minimum Gasteiger partial charge on any atom is -0.0893 e. The van der Waals surface area contributed by atoms with Gasteiger partial charge >= 0.3 is 0 Å². The van der Waals surface area contributed by atoms with E-state index in [1.807, 2.05) is 0 Å². The Balaban J connectivity index is 2.03. The summed E-state index contributed by atoms with van der Waals surface area (Å²) in [4.78, 5) is 0. The Bertz CT molecular complexity index is 150. The lowest BCUT2D eigenvalue weighted by Crippen LogP contribution is -2.26. The minimum absolute atomic E-state index is 1.04. The van der Waals surface area contributed by atoms with Crippen molar-refractivity contribution in [2.24, 2.45) is 29.6 Å². The molecule has 0 N–H and O–H groups in total. The number of rotatable bonds is 2. The smallest absolute Gasteiger partial charge is 0.0893 e. The molecule has 0 aromatic heterocycles. The summed E-state index contributed by atoms with van der Waals surface area (Å²) in [5.74, 6) is 5.39. The highest BCUT2D eigenvalue weighted by atomic mass is 14.5. The zero-order valence-corrected chi connectivity index (χ0v) is 8.72. The maximum absolute atomic E-state index is 2.50. The fourth-order valence-corrected chi connectivity index (χ4v) is 3.83. The van der Waals surface area contributed by atoms with Crippen LogP contribution >= 0.6 is 0 Å². The molecule has 0 radical (unpaired) electrons. The van der Waals surface area contributed by atoms with Gasteiger partial charge in [-0.05, 0) is 42.4 Å². The fraction of sp³-hybridized carbons (Fsp3) is 1.00. The van der Waals surface area contributed by atoms with Gasteiger partial charge in [0.25, 0.3) is 0 Å². The van der Waals surface area contributed by atoms with Gasteiger partial charge in [-0.15, -0.1) is 0 Å². The number of hydrogen-bond acceptors (Lipinski definition) is 0. The lowest BCUT2D eigenvalue weighted by Gasteiger charge is -2.34. The average Bonchev–Trinajstić information content (AvgIpc) is 2.09. The monoisotopic (exact) mass is 164 g/mol. The second-order valence-electron chi connectivity index (χ2n) is 5.08. The van der Waals surface area contributed by atoms with Crippen molar-refractivity contribution < 1.29 is 0 Å². The summed E-state index contributed by atoms with van der Waals surface area (Å²) in [5.41, 5.74) is 0. The van der Waals surface area contributed by atoms with Gasteiger partial charge in [-0.3, -0.25) is 0 Å². The van der Waals surface area contributed by atoms with Crippen molar-refractivity contribution in [3.63, 3.8) is 0 Å². The lowest BCUT2D eigenvalue weighted by molar-refractivity contribution is 0.154. The van der Waals surface area contributed by atoms with Crippen molar-refractivity contribution in [3.05, 3.63) is 0 Å². The fourth-order valence-electron chi connectivity index (χ4n) is 3.83. The van der Waals surface area contributed by atoms with Gasteiger partial charge in [0.05, 0.1) is 0 Å². The van der Waals surface area contributed by atoms with Gasteiger partial charge in [0, 0.05) is 0 Å². The zero-order chi connectivity index (χ0) is 8.72. The van der Waals surface area contributed by atoms with E-state index in [0.29, 0.717) is 0 Å². The number of fused-ring (bicyclic) bond motifs is 1. The summed E-state index contributed by atoms with van der Waals surface area (Å²) in [6.07, 6.45) is 4.56. The van der Waals surface area contributed by atoms with Crippen molar-refractivity contribution in [1.82, 2.24) is 0 Å². The summed E-state index contributed by atoms with van der Waals surface area (Å²) in [5, 5.41) is 0. The van der Waals surface area contributed by atoms with E-state index >= 15 is 0 Å². The molecule has 12 heavy (non-hydrogen) atoms. The molecule has 0 amide bonds. The molecule has 0 aromatic rings. The standard InChI is InChI=1S/C11H21B/c1-7-9-4-5-10(9)8(2)11(7)6-12-3/h7-12H,4-6H2,1-3H3. The van der Waals surface area contributed by atoms with Crippen LogP contribution < -0.4 is 0 Å². The van der Waals surface area contributed by atoms with Crippen LogP contribution in [0.3, 0.4) is 0 Å². The van der Waals surface area contributed by atoms with Gasteiger partial charge in [-0.25, -0.2) is 0 Å². The Morgan fingerprint density at radius 3 is 1.92 bits per heavy atom. The highest BCUT2D eigenvalue weighted by Gasteiger charge is 2.49. The maximum atomic E-state index is 2.50. The van der Waals surface area contributed by atoms with Gasteiger partial charge in [-0.1, -0.05) is 27.0 Å². The molecule has 2 aliphatic carbocycles. The predicted molar refractivity (Wildman–Crippen MR) is 55.9 cm³/mol. The molecule has 0 saturated heterocycles. The molecular formula is C11H21B. The van der Waals surface area contributed by atoms with E-state index in [4.69, 9.17) is 0 Å². The molecule has 0 aliphatic heterocycles. The second kappa shape index (κ2) is 3.08. The van der Waals surface area contributed by atoms with Crippen molar-refractivity contribution in [2.45, 2.75) is 39.8 Å². The minimum atomic E-state index is 1.04. The summed E-state index contributed by atoms with van der Waals surface area (Å²) in [7, 11) is 1.39. The Morgan fingerprint density at radius 2 is 1.58 bits per heavy atom. The van der Waals surface area contributed by atoms with E-state index in [0.717, 1.165) is 29.6 Å². The molecule has 0 bridgehead atoms. The van der Waals surface area contributed by atoms with Gasteiger partial charge in [0.2, 0.25) is 0 Å². The molecule has 4 atom stereocenters. The summed E-state index contributed by atoms with van der Waals surface area (Å²) in [6.45, 7) is 7.33. The molecule has 4 unspecified atom stereocenters. The van der Waals surface area contributed by atoms with Crippen molar-refractivity contribution in [3.8, 4) is 0 Å². The first-order chi connectivity index (χ1) is 5.75. The first-order valence-corrected chi connectivity index (χ1v) is 5.75. The van der Waals surface area contributed by atoms with Crippen molar-refractivity contribution >= 4 is 7.28 Å². The van der Waals surface area contributed by atoms with E-state index < -0.39 is 0 Å². The lowest BCUT2D eigenvalue weighted by atomic mass is 9.67. The maximum Gasteiger partial charge on any atom is 0.117 e. The van der Waals surface area contributed by atoms with Gasteiger partial charge in [0.1, 0.15) is 7.28 Å². The zero-order valence-electron chi connectivity index (χ0n) is 8.72. The highest BCUT2D eigenvalue weighted by Crippen LogP contribution is 2.57. The van der Waals surface area contributed by atoms with Gasteiger partial charge < -0.3 is 0 Å². The summed E-state index contributed by atoms with van der Waals surface area (Å²) < 4.78 is 0. The molecular weight excluding hydrogens is 143 g/mol. The van der Waals surface area contributed by atoms with E-state index in [2.05, 4.69) is 20.7 Å². The van der Waals surface area contributed by atoms with Crippen molar-refractivity contribution in [1.29, 1.82) is 0 Å². The van der Waals surface area contributed by atoms with E-state index in [-0.39, 0.29) is 0 Å². The van der Waals surface area contributed by atoms with Crippen LogP contribution in [-0.2, 0) is 0 Å². The molecule has 2 aliphatic rings. The topological polar surface area (TPSA) is 0 Å². The molecule has 2 rings (SSSR count). The largest absolute Gasteiger partial charge is 0.117 e. The third kappa shape index (κ3) is 1.05. The molecule has 1 heteroatoms. The van der Waals surface area contributed by atoms with Crippen LogP contribution in [0.25, 0.3) is 0 Å². The average molecular weight is 164 g/mol. The van der Waals surface area contributed by atoms with Crippen LogP contribution in [0.5, 0.6) is 0 Å². The molecule has 2 fully saturated rings. The summed E-state index contributed by atoms with van der Waals surface area (Å²) in [6, 6.07) is 0. The Hall–Kier alpha value is 0.0649. The van der Waals surface area contributed by atoms with E-state index in [9.17, 15) is 0 Å². The molecule has 0 aromatic carbocycles. The molecule has 68 valence electrons. The Kier molecular flexibility index (Phi) is 2.22. The third-order valence-corrected chi connectivity index (χ3v) is 4.71. The first kappa shape index (κ1) is 8.65. The van der Waals surface area contributed by atoms with Crippen molar-refractivity contribution in [2.75, 3.05) is 0 Å². The SMILES string of the molecule is CBCC1C(C)C2CCC2C1C. The Labute approximate surface area is 77.4 Å². The Morgan fingerprint density at radius 1 is 1.08 bits per heavy atom. The molecule has 0 heterocycles. The predicted octanol–water partition coefficient (Wildman–Crippen LogP) is 2.82. The molecule has 0 nitrogen and oxygen atoms in total. The van der Waals surface area contributed by atoms with Crippen LogP contribution in [-0.4, -0.2) is 7.28 Å². The second-order valence-corrected chi connectivity index (χ2v) is 5.08. The highest BCUT2D eigenvalue weighted by molar-refractivity contribution is 6.33. The molecule has 0 spiro atoms. The third-order valence-electron chi connectivity index (χ3n) is 4.71. The quantitative estimate of drug-likeness (QED) is 0.550. The van der Waals surface area contributed by atoms with Gasteiger partial charge in [0.15, 0.2) is 0 Å². The number of hydrogen-bond donors (Lipinski definition) is 0. The normalized spacial score (nSPS) is 51.4. The van der Waals surface area contributed by atoms with Crippen LogP contribution in [0.2, 0.25) is 13.1 Å². The van der Waals surface area contributed by atoms with E-state index in [1.165, 1.54) is 26.4 Å². The van der Waals surface area contributed by atoms with Gasteiger partial charge in [-0.2, -0.15) is 0 Å². The van der Waals surface area contributed by atoms with Crippen LogP contribution in [0.1, 0.15) is 26.7 Å². The van der Waals surface area contributed by atoms with E-state index in [1.54, 1.807) is 0 Å². The molecule has 2 saturated carbocycles. The first-order valence-electron chi connectivity index (χ1n) is 5.75.